The molecule has 2 rings (SSSR count). The Morgan fingerprint density at radius 2 is 2.22 bits per heavy atom. The molecule has 1 aliphatic heterocycles. The van der Waals surface area contributed by atoms with Crippen LogP contribution < -0.4 is 0 Å². The summed E-state index contributed by atoms with van der Waals surface area (Å²) in [6, 6.07) is 0. The molecule has 1 fully saturated rings. The highest BCUT2D eigenvalue weighted by Gasteiger charge is 2.46. The number of rotatable bonds is 3. The fraction of sp³-hybridized carbons (Fsp3) is 0.692. The summed E-state index contributed by atoms with van der Waals surface area (Å²) >= 11 is 0. The third kappa shape index (κ3) is 2.71. The van der Waals surface area contributed by atoms with E-state index in [9.17, 15) is 14.0 Å². The van der Waals surface area contributed by atoms with Crippen molar-refractivity contribution in [2.75, 3.05) is 13.1 Å². The first-order chi connectivity index (χ1) is 8.51. The monoisotopic (exact) mass is 255 g/mol. The fourth-order valence-electron chi connectivity index (χ4n) is 2.53. The van der Waals surface area contributed by atoms with E-state index < -0.39 is 11.6 Å². The number of carboxylic acid groups (broad SMARTS) is 1. The third-order valence-corrected chi connectivity index (χ3v) is 3.72. The van der Waals surface area contributed by atoms with Crippen LogP contribution in [-0.2, 0) is 9.59 Å². The summed E-state index contributed by atoms with van der Waals surface area (Å²) in [5.74, 6) is -1.61. The van der Waals surface area contributed by atoms with Gasteiger partial charge in [0.25, 0.3) is 0 Å². The van der Waals surface area contributed by atoms with Crippen LogP contribution in [0.1, 0.15) is 38.5 Å². The summed E-state index contributed by atoms with van der Waals surface area (Å²) in [6.45, 7) is -0.108. The Hall–Kier alpha value is -1.39. The quantitative estimate of drug-likeness (QED) is 0.784. The highest BCUT2D eigenvalue weighted by molar-refractivity contribution is 5.83. The van der Waals surface area contributed by atoms with Gasteiger partial charge in [0.2, 0.25) is 11.6 Å². The summed E-state index contributed by atoms with van der Waals surface area (Å²) < 4.78 is 13.8. The van der Waals surface area contributed by atoms with Crippen molar-refractivity contribution < 1.29 is 19.1 Å². The number of alkyl halides is 1. The maximum atomic E-state index is 13.8. The Labute approximate surface area is 105 Å². The van der Waals surface area contributed by atoms with E-state index in [1.807, 2.05) is 0 Å². The molecule has 1 atom stereocenters. The average molecular weight is 255 g/mol. The number of allylic oxidation sites excluding steroid dienone is 1. The van der Waals surface area contributed by atoms with Crippen molar-refractivity contribution in [3.63, 3.8) is 0 Å². The maximum absolute atomic E-state index is 13.8. The molecule has 1 heterocycles. The van der Waals surface area contributed by atoms with E-state index in [-0.39, 0.29) is 25.4 Å². The number of carboxylic acids is 1. The van der Waals surface area contributed by atoms with Crippen LogP contribution in [0.4, 0.5) is 4.39 Å². The van der Waals surface area contributed by atoms with Gasteiger partial charge >= 0.3 is 5.97 Å². The van der Waals surface area contributed by atoms with Gasteiger partial charge < -0.3 is 10.0 Å². The van der Waals surface area contributed by atoms with Crippen LogP contribution in [0.3, 0.4) is 0 Å². The molecule has 0 radical (unpaired) electrons. The van der Waals surface area contributed by atoms with Gasteiger partial charge in [-0.25, -0.2) is 9.18 Å². The van der Waals surface area contributed by atoms with Gasteiger partial charge in [-0.15, -0.1) is 0 Å². The second-order valence-electron chi connectivity index (χ2n) is 5.12. The van der Waals surface area contributed by atoms with Crippen LogP contribution >= 0.6 is 0 Å². The predicted molar refractivity (Wildman–Crippen MR) is 63.8 cm³/mol. The number of aliphatic carboxylic acids is 1. The van der Waals surface area contributed by atoms with Crippen LogP contribution in [0.5, 0.6) is 0 Å². The molecule has 4 nitrogen and oxygen atoms in total. The van der Waals surface area contributed by atoms with Gasteiger partial charge in [-0.2, -0.15) is 0 Å². The minimum atomic E-state index is -2.25. The molecule has 18 heavy (non-hydrogen) atoms. The van der Waals surface area contributed by atoms with Crippen molar-refractivity contribution in [3.05, 3.63) is 11.6 Å². The molecule has 0 unspecified atom stereocenters. The molecule has 0 aromatic carbocycles. The van der Waals surface area contributed by atoms with E-state index in [2.05, 4.69) is 6.08 Å². The summed E-state index contributed by atoms with van der Waals surface area (Å²) in [7, 11) is 0. The van der Waals surface area contributed by atoms with E-state index in [0.29, 0.717) is 6.42 Å². The molecule has 0 aromatic rings. The molecule has 1 N–H and O–H groups in total. The first kappa shape index (κ1) is 13.1. The van der Waals surface area contributed by atoms with Gasteiger partial charge in [0.15, 0.2) is 0 Å². The molecule has 0 aromatic heterocycles. The normalized spacial score (nSPS) is 28.1. The summed E-state index contributed by atoms with van der Waals surface area (Å²) in [6.07, 6.45) is 6.49. The van der Waals surface area contributed by atoms with Gasteiger partial charge in [0.1, 0.15) is 0 Å². The number of nitrogens with zero attached hydrogens (tertiary/aromatic N) is 1. The Morgan fingerprint density at radius 3 is 2.78 bits per heavy atom. The molecule has 0 spiro atoms. The Kier molecular flexibility index (Phi) is 3.68. The summed E-state index contributed by atoms with van der Waals surface area (Å²) in [4.78, 5) is 24.0. The first-order valence-corrected chi connectivity index (χ1v) is 6.39. The van der Waals surface area contributed by atoms with Gasteiger partial charge in [-0.3, -0.25) is 4.79 Å². The van der Waals surface area contributed by atoms with Crippen molar-refractivity contribution in [2.24, 2.45) is 0 Å². The van der Waals surface area contributed by atoms with Gasteiger partial charge in [-0.05, 0) is 25.7 Å². The molecule has 0 saturated carbocycles. The van der Waals surface area contributed by atoms with Crippen LogP contribution in [0.15, 0.2) is 11.6 Å². The number of amides is 1. The Balaban J connectivity index is 1.91. The summed E-state index contributed by atoms with van der Waals surface area (Å²) in [5.41, 5.74) is -1.14. The number of likely N-dealkylation sites (tertiary alicyclic amines) is 1. The smallest absolute Gasteiger partial charge is 0.343 e. The van der Waals surface area contributed by atoms with Crippen LogP contribution in [0.2, 0.25) is 0 Å². The lowest BCUT2D eigenvalue weighted by molar-refractivity contribution is -0.150. The highest BCUT2D eigenvalue weighted by atomic mass is 19.1. The molecule has 0 bridgehead atoms. The lowest BCUT2D eigenvalue weighted by Crippen LogP contribution is -2.39. The van der Waals surface area contributed by atoms with Gasteiger partial charge in [0.05, 0.1) is 6.54 Å². The van der Waals surface area contributed by atoms with E-state index in [1.54, 1.807) is 0 Å². The highest BCUT2D eigenvalue weighted by Crippen LogP contribution is 2.28. The largest absolute Gasteiger partial charge is 0.479 e. The topological polar surface area (TPSA) is 57.6 Å². The van der Waals surface area contributed by atoms with E-state index >= 15 is 0 Å². The molecule has 2 aliphatic rings. The molecule has 100 valence electrons. The van der Waals surface area contributed by atoms with Gasteiger partial charge in [0, 0.05) is 19.4 Å². The van der Waals surface area contributed by atoms with Crippen molar-refractivity contribution in [3.8, 4) is 0 Å². The number of hydrogen-bond donors (Lipinski definition) is 1. The minimum absolute atomic E-state index is 0.104. The van der Waals surface area contributed by atoms with E-state index in [1.165, 1.54) is 4.90 Å². The fourth-order valence-corrected chi connectivity index (χ4v) is 2.53. The number of hydrogen-bond acceptors (Lipinski definition) is 2. The molecular formula is C13H18FNO3. The van der Waals surface area contributed by atoms with Crippen LogP contribution in [0.25, 0.3) is 0 Å². The molecular weight excluding hydrogens is 237 g/mol. The molecule has 1 amide bonds. The zero-order chi connectivity index (χ0) is 13.2. The zero-order valence-corrected chi connectivity index (χ0v) is 10.3. The standard InChI is InChI=1S/C13H18FNO3/c14-13(12(17)18)6-7-15(9-13)11(16)8-10-4-2-1-3-5-10/h4H,1-3,5-9H2,(H,17,18)/t13-/m1/s1. The van der Waals surface area contributed by atoms with Crippen LogP contribution in [-0.4, -0.2) is 40.6 Å². The van der Waals surface area contributed by atoms with E-state index in [4.69, 9.17) is 5.11 Å². The van der Waals surface area contributed by atoms with Crippen LogP contribution in [0, 0.1) is 0 Å². The summed E-state index contributed by atoms with van der Waals surface area (Å²) in [5, 5.41) is 8.77. The van der Waals surface area contributed by atoms with E-state index in [0.717, 1.165) is 31.3 Å². The molecule has 1 aliphatic carbocycles. The lowest BCUT2D eigenvalue weighted by atomic mass is 9.97. The number of halogens is 1. The maximum Gasteiger partial charge on any atom is 0.343 e. The number of carbonyl (C=O) groups is 2. The molecule has 1 saturated heterocycles. The minimum Gasteiger partial charge on any atom is -0.479 e. The average Bonchev–Trinajstić information content (AvgIpc) is 2.75. The lowest BCUT2D eigenvalue weighted by Gasteiger charge is -2.19. The van der Waals surface area contributed by atoms with Crippen molar-refractivity contribution in [2.45, 2.75) is 44.2 Å². The second-order valence-corrected chi connectivity index (χ2v) is 5.12. The number of carbonyl (C=O) groups excluding carboxylic acids is 1. The zero-order valence-electron chi connectivity index (χ0n) is 10.3. The predicted octanol–water partition coefficient (Wildman–Crippen LogP) is 1.90. The van der Waals surface area contributed by atoms with Crippen molar-refractivity contribution in [1.82, 2.24) is 4.90 Å². The van der Waals surface area contributed by atoms with Crippen molar-refractivity contribution >= 4 is 11.9 Å². The third-order valence-electron chi connectivity index (χ3n) is 3.72. The second kappa shape index (κ2) is 5.08. The SMILES string of the molecule is O=C(CC1=CCCCC1)N1CC[C@](F)(C(=O)O)C1. The molecule has 5 heteroatoms. The van der Waals surface area contributed by atoms with Gasteiger partial charge in [-0.1, -0.05) is 11.6 Å². The van der Waals surface area contributed by atoms with Crippen molar-refractivity contribution in [1.29, 1.82) is 0 Å². The Morgan fingerprint density at radius 1 is 1.44 bits per heavy atom. The Bertz CT molecular complexity index is 394. The first-order valence-electron chi connectivity index (χ1n) is 6.39.